The predicted molar refractivity (Wildman–Crippen MR) is 85.3 cm³/mol. The minimum atomic E-state index is -3.41. The van der Waals surface area contributed by atoms with Gasteiger partial charge in [-0.05, 0) is 24.5 Å². The zero-order valence-corrected chi connectivity index (χ0v) is 14.0. The molecule has 6 heteroatoms. The molecule has 0 aliphatic heterocycles. The van der Waals surface area contributed by atoms with Crippen molar-refractivity contribution in [3.8, 4) is 0 Å². The number of nitrogens with two attached hydrogens (primary N) is 1. The van der Waals surface area contributed by atoms with Crippen molar-refractivity contribution >= 4 is 15.8 Å². The van der Waals surface area contributed by atoms with Gasteiger partial charge < -0.3 is 10.5 Å². The van der Waals surface area contributed by atoms with Crippen LogP contribution in [0.4, 0.5) is 0 Å². The van der Waals surface area contributed by atoms with E-state index in [1.165, 1.54) is 0 Å². The van der Waals surface area contributed by atoms with Gasteiger partial charge in [-0.25, -0.2) is 8.42 Å². The average Bonchev–Trinajstić information content (AvgIpc) is 3.18. The molecule has 2 rings (SSSR count). The highest BCUT2D eigenvalue weighted by Gasteiger charge is 2.74. The fourth-order valence-corrected chi connectivity index (χ4v) is 5.22. The highest BCUT2D eigenvalue weighted by Crippen LogP contribution is 2.62. The first-order valence-electron chi connectivity index (χ1n) is 7.47. The molecule has 5 nitrogen and oxygen atoms in total. The van der Waals surface area contributed by atoms with Crippen LogP contribution in [-0.2, 0) is 25.8 Å². The van der Waals surface area contributed by atoms with Crippen molar-refractivity contribution in [3.63, 3.8) is 0 Å². The Kier molecular flexibility index (Phi) is 4.63. The standard InChI is InChI=1S/C16H23NO4S/c1-4-11-6-8-12(9-7-11)13-14(22(3,19)20)16(13,10-17)15(18)21-5-2/h6-9,13-14H,4-5,10,17H2,1-3H3/t13-,14-,16+/m0/s1. The lowest BCUT2D eigenvalue weighted by Crippen LogP contribution is -2.33. The zero-order valence-electron chi connectivity index (χ0n) is 13.2. The summed E-state index contributed by atoms with van der Waals surface area (Å²) in [6.45, 7) is 3.92. The summed E-state index contributed by atoms with van der Waals surface area (Å²) in [5.74, 6) is -0.949. The first-order valence-corrected chi connectivity index (χ1v) is 9.43. The highest BCUT2D eigenvalue weighted by atomic mass is 32.2. The Bertz CT molecular complexity index is 653. The van der Waals surface area contributed by atoms with Gasteiger partial charge in [0.15, 0.2) is 9.84 Å². The molecular weight excluding hydrogens is 302 g/mol. The largest absolute Gasteiger partial charge is 0.465 e. The summed E-state index contributed by atoms with van der Waals surface area (Å²) in [7, 11) is -3.41. The molecule has 1 fully saturated rings. The Balaban J connectivity index is 2.44. The summed E-state index contributed by atoms with van der Waals surface area (Å²) in [4.78, 5) is 12.4. The zero-order chi connectivity index (χ0) is 16.5. The number of ether oxygens (including phenoxy) is 1. The molecule has 0 radical (unpaired) electrons. The van der Waals surface area contributed by atoms with Crippen molar-refractivity contribution in [2.24, 2.45) is 11.1 Å². The maximum Gasteiger partial charge on any atom is 0.315 e. The average molecular weight is 325 g/mol. The SMILES string of the molecule is CCOC(=O)[C@]1(CN)[C@@H](c2ccc(CC)cc2)[C@@H]1S(C)(=O)=O. The first kappa shape index (κ1) is 17.0. The molecule has 0 spiro atoms. The van der Waals surface area contributed by atoms with Gasteiger partial charge in [-0.2, -0.15) is 0 Å². The fraction of sp³-hybridized carbons (Fsp3) is 0.562. The van der Waals surface area contributed by atoms with Gasteiger partial charge in [-0.3, -0.25) is 4.79 Å². The van der Waals surface area contributed by atoms with E-state index in [-0.39, 0.29) is 13.2 Å². The smallest absolute Gasteiger partial charge is 0.315 e. The molecule has 3 atom stereocenters. The molecule has 1 aliphatic carbocycles. The quantitative estimate of drug-likeness (QED) is 0.796. The third kappa shape index (κ3) is 2.65. The molecule has 0 unspecified atom stereocenters. The number of aryl methyl sites for hydroxylation is 1. The minimum absolute atomic E-state index is 0.0379. The Labute approximate surface area is 131 Å². The second kappa shape index (κ2) is 6.01. The first-order chi connectivity index (χ1) is 10.3. The topological polar surface area (TPSA) is 86.5 Å². The Hall–Kier alpha value is -1.40. The Morgan fingerprint density at radius 1 is 1.27 bits per heavy atom. The van der Waals surface area contributed by atoms with Crippen LogP contribution >= 0.6 is 0 Å². The van der Waals surface area contributed by atoms with E-state index in [1.54, 1.807) is 6.92 Å². The Morgan fingerprint density at radius 2 is 1.86 bits per heavy atom. The van der Waals surface area contributed by atoms with Gasteiger partial charge in [0.05, 0.1) is 11.9 Å². The monoisotopic (exact) mass is 325 g/mol. The van der Waals surface area contributed by atoms with Crippen molar-refractivity contribution in [3.05, 3.63) is 35.4 Å². The van der Waals surface area contributed by atoms with Gasteiger partial charge in [0.1, 0.15) is 5.41 Å². The van der Waals surface area contributed by atoms with E-state index in [2.05, 4.69) is 0 Å². The van der Waals surface area contributed by atoms with E-state index in [9.17, 15) is 13.2 Å². The summed E-state index contributed by atoms with van der Waals surface area (Å²) in [6, 6.07) is 7.69. The van der Waals surface area contributed by atoms with E-state index in [4.69, 9.17) is 10.5 Å². The lowest BCUT2D eigenvalue weighted by atomic mass is 9.98. The normalized spacial score (nSPS) is 27.5. The number of carbonyl (C=O) groups excluding carboxylic acids is 1. The molecule has 1 aromatic rings. The van der Waals surface area contributed by atoms with Crippen LogP contribution in [0.2, 0.25) is 0 Å². The molecule has 0 saturated heterocycles. The van der Waals surface area contributed by atoms with Crippen molar-refractivity contribution < 1.29 is 17.9 Å². The summed E-state index contributed by atoms with van der Waals surface area (Å²) >= 11 is 0. The van der Waals surface area contributed by atoms with Gasteiger partial charge in [0.25, 0.3) is 0 Å². The van der Waals surface area contributed by atoms with E-state index >= 15 is 0 Å². The third-order valence-electron chi connectivity index (χ3n) is 4.46. The summed E-state index contributed by atoms with van der Waals surface area (Å²) in [6.07, 6.45) is 2.06. The van der Waals surface area contributed by atoms with Crippen molar-refractivity contribution in [2.75, 3.05) is 19.4 Å². The van der Waals surface area contributed by atoms with Gasteiger partial charge >= 0.3 is 5.97 Å². The van der Waals surface area contributed by atoms with Crippen LogP contribution < -0.4 is 5.73 Å². The van der Waals surface area contributed by atoms with E-state index in [0.29, 0.717) is 0 Å². The molecule has 0 bridgehead atoms. The van der Waals surface area contributed by atoms with Crippen molar-refractivity contribution in [2.45, 2.75) is 31.4 Å². The number of rotatable bonds is 6. The van der Waals surface area contributed by atoms with Crippen LogP contribution in [0.3, 0.4) is 0 Å². The second-order valence-corrected chi connectivity index (χ2v) is 7.95. The lowest BCUT2D eigenvalue weighted by Gasteiger charge is -2.14. The number of sulfone groups is 1. The fourth-order valence-electron chi connectivity index (χ4n) is 3.30. The number of carbonyl (C=O) groups is 1. The number of benzene rings is 1. The molecule has 122 valence electrons. The van der Waals surface area contributed by atoms with Gasteiger partial charge in [0.2, 0.25) is 0 Å². The van der Waals surface area contributed by atoms with Crippen LogP contribution in [0.15, 0.2) is 24.3 Å². The number of hydrogen-bond acceptors (Lipinski definition) is 5. The molecule has 0 aromatic heterocycles. The van der Waals surface area contributed by atoms with Crippen molar-refractivity contribution in [1.29, 1.82) is 0 Å². The third-order valence-corrected chi connectivity index (χ3v) is 6.07. The molecule has 22 heavy (non-hydrogen) atoms. The van der Waals surface area contributed by atoms with Gasteiger partial charge in [-0.15, -0.1) is 0 Å². The molecular formula is C16H23NO4S. The van der Waals surface area contributed by atoms with Crippen LogP contribution in [0.25, 0.3) is 0 Å². The van der Waals surface area contributed by atoms with E-state index < -0.39 is 32.4 Å². The highest BCUT2D eigenvalue weighted by molar-refractivity contribution is 7.91. The van der Waals surface area contributed by atoms with Crippen LogP contribution in [-0.4, -0.2) is 39.0 Å². The summed E-state index contributed by atoms with van der Waals surface area (Å²) < 4.78 is 29.3. The molecule has 1 saturated carbocycles. The molecule has 0 heterocycles. The molecule has 2 N–H and O–H groups in total. The van der Waals surface area contributed by atoms with E-state index in [0.717, 1.165) is 23.8 Å². The maximum absolute atomic E-state index is 12.4. The summed E-state index contributed by atoms with van der Waals surface area (Å²) in [5.41, 5.74) is 6.64. The lowest BCUT2D eigenvalue weighted by molar-refractivity contribution is -0.149. The molecule has 1 aromatic carbocycles. The molecule has 1 aliphatic rings. The van der Waals surface area contributed by atoms with Crippen LogP contribution in [0.1, 0.15) is 30.9 Å². The maximum atomic E-state index is 12.4. The van der Waals surface area contributed by atoms with Crippen molar-refractivity contribution in [1.82, 2.24) is 0 Å². The second-order valence-electron chi connectivity index (χ2n) is 5.79. The summed E-state index contributed by atoms with van der Waals surface area (Å²) in [5, 5.41) is -0.809. The van der Waals surface area contributed by atoms with E-state index in [1.807, 2.05) is 31.2 Å². The Morgan fingerprint density at radius 3 is 2.27 bits per heavy atom. The minimum Gasteiger partial charge on any atom is -0.465 e. The molecule has 0 amide bonds. The van der Waals surface area contributed by atoms with Crippen LogP contribution in [0.5, 0.6) is 0 Å². The predicted octanol–water partition coefficient (Wildman–Crippen LogP) is 1.27. The number of esters is 1. The van der Waals surface area contributed by atoms with Crippen LogP contribution in [0, 0.1) is 5.41 Å². The van der Waals surface area contributed by atoms with Gasteiger partial charge in [-0.1, -0.05) is 31.2 Å². The van der Waals surface area contributed by atoms with Gasteiger partial charge in [0, 0.05) is 18.7 Å². The number of hydrogen-bond donors (Lipinski definition) is 1.